The van der Waals surface area contributed by atoms with Crippen LogP contribution < -0.4 is 10.7 Å². The number of carbonyl (C=O) groups is 4. The summed E-state index contributed by atoms with van der Waals surface area (Å²) in [5.74, 6) is -2.30. The average molecular weight is 581 g/mol. The molecule has 1 fully saturated rings. The quantitative estimate of drug-likeness (QED) is 0.397. The second-order valence-corrected chi connectivity index (χ2v) is 12.0. The molecule has 0 saturated carbocycles. The van der Waals surface area contributed by atoms with Crippen LogP contribution in [0.4, 0.5) is 0 Å². The molecule has 0 unspecified atom stereocenters. The number of cyclic esters (lactones) is 2. The highest BCUT2D eigenvalue weighted by Gasteiger charge is 2.37. The van der Waals surface area contributed by atoms with Crippen LogP contribution in [0.1, 0.15) is 83.6 Å². The molecular weight excluding hydrogens is 536 g/mol. The van der Waals surface area contributed by atoms with E-state index in [4.69, 9.17) is 9.47 Å². The second-order valence-electron chi connectivity index (χ2n) is 12.0. The Morgan fingerprint density at radius 3 is 2.50 bits per heavy atom. The van der Waals surface area contributed by atoms with E-state index in [1.807, 2.05) is 37.3 Å². The normalized spacial score (nSPS) is 26.3. The summed E-state index contributed by atoms with van der Waals surface area (Å²) in [4.78, 5) is 56.8. The van der Waals surface area contributed by atoms with Crippen LogP contribution in [0.2, 0.25) is 0 Å². The SMILES string of the molecule is C=NC1=Cc2cc(ccc2C)[C@@H](C)OC(=O)[C@@H]2CCCN(N2)C(=O)[C@H](C)NC(=O)[C@H](C(C)C)OC(=O)C(C)(C)CC=C1. The molecule has 4 bridgehead atoms. The van der Waals surface area contributed by atoms with Crippen molar-refractivity contribution in [1.82, 2.24) is 15.8 Å². The number of hydrazine groups is 1. The van der Waals surface area contributed by atoms with E-state index in [0.29, 0.717) is 31.5 Å². The molecule has 0 spiro atoms. The van der Waals surface area contributed by atoms with E-state index in [9.17, 15) is 19.2 Å². The maximum absolute atomic E-state index is 13.2. The molecule has 0 aromatic heterocycles. The summed E-state index contributed by atoms with van der Waals surface area (Å²) in [7, 11) is 0. The van der Waals surface area contributed by atoms with Crippen LogP contribution in [0, 0.1) is 18.3 Å². The number of amides is 2. The lowest BCUT2D eigenvalue weighted by Crippen LogP contribution is -2.60. The molecule has 1 saturated heterocycles. The summed E-state index contributed by atoms with van der Waals surface area (Å²) in [6.07, 6.45) is 5.26. The Balaban J connectivity index is 1.99. The predicted molar refractivity (Wildman–Crippen MR) is 161 cm³/mol. The molecule has 228 valence electrons. The number of hydrogen-bond acceptors (Lipinski definition) is 8. The Bertz CT molecular complexity index is 1270. The van der Waals surface area contributed by atoms with Gasteiger partial charge in [-0.15, -0.1) is 0 Å². The second kappa shape index (κ2) is 13.9. The summed E-state index contributed by atoms with van der Waals surface area (Å²) in [6, 6.07) is 4.17. The summed E-state index contributed by atoms with van der Waals surface area (Å²) < 4.78 is 11.5. The molecule has 10 heteroatoms. The van der Waals surface area contributed by atoms with E-state index in [1.165, 1.54) is 5.01 Å². The van der Waals surface area contributed by atoms with Gasteiger partial charge in [-0.3, -0.25) is 29.2 Å². The van der Waals surface area contributed by atoms with Gasteiger partial charge in [-0.1, -0.05) is 32.1 Å². The van der Waals surface area contributed by atoms with E-state index in [-0.39, 0.29) is 5.92 Å². The van der Waals surface area contributed by atoms with Crippen LogP contribution in [0.5, 0.6) is 0 Å². The lowest BCUT2D eigenvalue weighted by Gasteiger charge is -2.35. The fourth-order valence-electron chi connectivity index (χ4n) is 4.73. The summed E-state index contributed by atoms with van der Waals surface area (Å²) >= 11 is 0. The number of aryl methyl sites for hydroxylation is 1. The summed E-state index contributed by atoms with van der Waals surface area (Å²) in [5, 5.41) is 4.03. The Labute approximate surface area is 248 Å². The third-order valence-corrected chi connectivity index (χ3v) is 7.58. The Morgan fingerprint density at radius 1 is 1.12 bits per heavy atom. The topological polar surface area (TPSA) is 126 Å². The highest BCUT2D eigenvalue weighted by atomic mass is 16.6. The number of allylic oxidation sites excluding steroid dienone is 2. The van der Waals surface area contributed by atoms with Gasteiger partial charge in [0.25, 0.3) is 11.8 Å². The molecule has 2 amide bonds. The first-order valence-corrected chi connectivity index (χ1v) is 14.5. The van der Waals surface area contributed by atoms with E-state index in [0.717, 1.165) is 16.7 Å². The zero-order valence-corrected chi connectivity index (χ0v) is 25.7. The zero-order valence-electron chi connectivity index (χ0n) is 25.7. The Hall–Kier alpha value is -3.79. The molecule has 3 rings (SSSR count). The van der Waals surface area contributed by atoms with E-state index < -0.39 is 53.5 Å². The minimum Gasteiger partial charge on any atom is -0.457 e. The Kier molecular flexibility index (Phi) is 10.8. The molecule has 1 aromatic rings. The predicted octanol–water partition coefficient (Wildman–Crippen LogP) is 4.19. The molecule has 2 aliphatic heterocycles. The maximum atomic E-state index is 13.2. The van der Waals surface area contributed by atoms with E-state index in [2.05, 4.69) is 22.5 Å². The number of fused-ring (bicyclic) bond motifs is 4. The number of nitrogens with one attached hydrogen (secondary N) is 2. The summed E-state index contributed by atoms with van der Waals surface area (Å²) in [6.45, 7) is 16.4. The minimum atomic E-state index is -1.09. The largest absolute Gasteiger partial charge is 0.457 e. The molecule has 1 aromatic carbocycles. The lowest BCUT2D eigenvalue weighted by atomic mass is 9.89. The smallest absolute Gasteiger partial charge is 0.325 e. The molecule has 42 heavy (non-hydrogen) atoms. The van der Waals surface area contributed by atoms with Crippen LogP contribution in [0.15, 0.2) is 41.0 Å². The standard InChI is InChI=1S/C32H44N4O6/c1-19(2)27-28(37)34-21(4)29(38)36-16-10-12-26(35-36)30(39)41-22(5)23-14-13-20(3)24(17-23)18-25(33-8)11-9-15-32(6,7)31(40)42-27/h9,11,13-14,17-19,21-22,26-27,35H,8,10,12,15-16H2,1-7H3,(H,34,37)/t21-,22+,26-,27-/m0/s1. The number of aliphatic imine (C=N–C) groups is 1. The molecule has 4 atom stereocenters. The van der Waals surface area contributed by atoms with Gasteiger partial charge in [-0.05, 0) is 101 Å². The number of ether oxygens (including phenoxy) is 2. The van der Waals surface area contributed by atoms with E-state index >= 15 is 0 Å². The fourth-order valence-corrected chi connectivity index (χ4v) is 4.73. The van der Waals surface area contributed by atoms with Crippen LogP contribution in [0.3, 0.4) is 0 Å². The highest BCUT2D eigenvalue weighted by molar-refractivity contribution is 5.91. The van der Waals surface area contributed by atoms with Gasteiger partial charge in [0.05, 0.1) is 11.1 Å². The van der Waals surface area contributed by atoms with Crippen LogP contribution >= 0.6 is 0 Å². The first kappa shape index (κ1) is 32.7. The van der Waals surface area contributed by atoms with Gasteiger partial charge in [0.1, 0.15) is 18.2 Å². The van der Waals surface area contributed by atoms with Crippen LogP contribution in [-0.4, -0.2) is 60.2 Å². The number of hydrogen-bond donors (Lipinski definition) is 2. The van der Waals surface area contributed by atoms with Gasteiger partial charge in [-0.2, -0.15) is 0 Å². The third kappa shape index (κ3) is 8.15. The van der Waals surface area contributed by atoms with Gasteiger partial charge >= 0.3 is 11.9 Å². The minimum absolute atomic E-state index is 0.327. The van der Waals surface area contributed by atoms with Crippen molar-refractivity contribution < 1.29 is 28.7 Å². The molecule has 0 radical (unpaired) electrons. The van der Waals surface area contributed by atoms with Crippen LogP contribution in [0.25, 0.3) is 6.08 Å². The van der Waals surface area contributed by atoms with Crippen molar-refractivity contribution in [3.63, 3.8) is 0 Å². The monoisotopic (exact) mass is 580 g/mol. The van der Waals surface area contributed by atoms with Crippen molar-refractivity contribution in [2.45, 2.75) is 92.0 Å². The number of benzene rings is 1. The average Bonchev–Trinajstić information content (AvgIpc) is 2.94. The summed E-state index contributed by atoms with van der Waals surface area (Å²) in [5.41, 5.74) is 5.32. The highest BCUT2D eigenvalue weighted by Crippen LogP contribution is 2.27. The van der Waals surface area contributed by atoms with Crippen molar-refractivity contribution in [1.29, 1.82) is 0 Å². The first-order chi connectivity index (χ1) is 19.7. The van der Waals surface area contributed by atoms with Crippen molar-refractivity contribution in [2.24, 2.45) is 16.3 Å². The zero-order chi connectivity index (χ0) is 31.2. The van der Waals surface area contributed by atoms with Gasteiger partial charge in [0.15, 0.2) is 6.10 Å². The lowest BCUT2D eigenvalue weighted by molar-refractivity contribution is -0.167. The number of rotatable bonds is 2. The van der Waals surface area contributed by atoms with Gasteiger partial charge < -0.3 is 14.8 Å². The molecule has 2 aliphatic rings. The number of nitrogens with zero attached hydrogens (tertiary/aromatic N) is 2. The molecular formula is C32H44N4O6. The van der Waals surface area contributed by atoms with Crippen LogP contribution in [-0.2, 0) is 28.7 Å². The number of esters is 2. The molecule has 10 nitrogen and oxygen atoms in total. The third-order valence-electron chi connectivity index (χ3n) is 7.58. The fraction of sp³-hybridized carbons (Fsp3) is 0.531. The van der Waals surface area contributed by atoms with Crippen molar-refractivity contribution in [3.8, 4) is 0 Å². The van der Waals surface area contributed by atoms with E-state index in [1.54, 1.807) is 47.6 Å². The molecule has 2 N–H and O–H groups in total. The Morgan fingerprint density at radius 2 is 1.83 bits per heavy atom. The van der Waals surface area contributed by atoms with Gasteiger partial charge in [0.2, 0.25) is 0 Å². The first-order valence-electron chi connectivity index (χ1n) is 14.5. The van der Waals surface area contributed by atoms with Gasteiger partial charge in [0, 0.05) is 6.54 Å². The van der Waals surface area contributed by atoms with Gasteiger partial charge in [-0.25, -0.2) is 5.43 Å². The molecule has 0 aliphatic carbocycles. The number of carbonyl (C=O) groups excluding carboxylic acids is 4. The van der Waals surface area contributed by atoms with Crippen molar-refractivity contribution >= 4 is 36.5 Å². The maximum Gasteiger partial charge on any atom is 0.325 e. The molecule has 2 heterocycles. The van der Waals surface area contributed by atoms with Crippen molar-refractivity contribution in [2.75, 3.05) is 6.54 Å². The van der Waals surface area contributed by atoms with Crippen molar-refractivity contribution in [3.05, 3.63) is 52.7 Å².